The van der Waals surface area contributed by atoms with Crippen LogP contribution in [0.5, 0.6) is 0 Å². The van der Waals surface area contributed by atoms with Crippen LogP contribution in [-0.4, -0.2) is 31.6 Å². The second-order valence-electron chi connectivity index (χ2n) is 4.64. The molecule has 108 valence electrons. The third-order valence-electron chi connectivity index (χ3n) is 2.88. The lowest BCUT2D eigenvalue weighted by molar-refractivity contribution is -0.137. The Morgan fingerprint density at radius 3 is 1.89 bits per heavy atom. The Bertz CT molecular complexity index is 183. The fraction of sp³-hybridized carbons (Fsp3) is 0.929. The first-order valence-electron chi connectivity index (χ1n) is 7.06. The molecule has 0 saturated heterocycles. The fourth-order valence-corrected chi connectivity index (χ4v) is 1.86. The highest BCUT2D eigenvalue weighted by Gasteiger charge is 1.96. The molecule has 0 heterocycles. The van der Waals surface area contributed by atoms with Gasteiger partial charge >= 0.3 is 5.97 Å². The number of hydrogen-bond donors (Lipinski definition) is 1. The van der Waals surface area contributed by atoms with Crippen molar-refractivity contribution < 1.29 is 19.4 Å². The van der Waals surface area contributed by atoms with Gasteiger partial charge in [-0.15, -0.1) is 0 Å². The zero-order valence-corrected chi connectivity index (χ0v) is 11.7. The minimum Gasteiger partial charge on any atom is -0.481 e. The molecule has 0 aromatic carbocycles. The van der Waals surface area contributed by atoms with Crippen LogP contribution in [0.15, 0.2) is 0 Å². The molecule has 1 N–H and O–H groups in total. The number of methoxy groups -OCH3 is 1. The number of ether oxygens (including phenoxy) is 2. The Hall–Kier alpha value is -0.610. The normalized spacial score (nSPS) is 10.7. The lowest BCUT2D eigenvalue weighted by Gasteiger charge is -2.03. The minimum atomic E-state index is -0.675. The zero-order chi connectivity index (χ0) is 13.5. The third-order valence-corrected chi connectivity index (χ3v) is 2.88. The molecule has 0 fully saturated rings. The van der Waals surface area contributed by atoms with E-state index < -0.39 is 5.97 Å². The van der Waals surface area contributed by atoms with Crippen molar-refractivity contribution in [2.75, 3.05) is 20.5 Å². The van der Waals surface area contributed by atoms with Crippen molar-refractivity contribution in [3.05, 3.63) is 0 Å². The number of unbranched alkanes of at least 4 members (excludes halogenated alkanes) is 8. The minimum absolute atomic E-state index is 0.321. The molecular formula is C14H28O4. The van der Waals surface area contributed by atoms with Gasteiger partial charge in [-0.3, -0.25) is 4.79 Å². The number of carbonyl (C=O) groups is 1. The van der Waals surface area contributed by atoms with Gasteiger partial charge in [-0.1, -0.05) is 44.9 Å². The van der Waals surface area contributed by atoms with E-state index in [1.54, 1.807) is 7.11 Å². The molecular weight excluding hydrogens is 232 g/mol. The molecule has 0 bridgehead atoms. The fourth-order valence-electron chi connectivity index (χ4n) is 1.86. The smallest absolute Gasteiger partial charge is 0.303 e. The Morgan fingerprint density at radius 1 is 0.889 bits per heavy atom. The Morgan fingerprint density at radius 2 is 1.39 bits per heavy atom. The second-order valence-corrected chi connectivity index (χ2v) is 4.64. The Labute approximate surface area is 111 Å². The van der Waals surface area contributed by atoms with Gasteiger partial charge in [0.15, 0.2) is 0 Å². The van der Waals surface area contributed by atoms with E-state index in [1.807, 2.05) is 0 Å². The lowest BCUT2D eigenvalue weighted by atomic mass is 10.1. The quantitative estimate of drug-likeness (QED) is 0.383. The van der Waals surface area contributed by atoms with Crippen LogP contribution in [0, 0.1) is 0 Å². The largest absolute Gasteiger partial charge is 0.481 e. The molecule has 0 aliphatic carbocycles. The van der Waals surface area contributed by atoms with Crippen LogP contribution < -0.4 is 0 Å². The molecule has 0 aliphatic rings. The second kappa shape index (κ2) is 14.5. The molecule has 0 saturated carbocycles. The molecule has 0 aromatic heterocycles. The standard InChI is InChI=1S/C14H28O4/c1-17-13-18-12-10-8-6-4-2-3-5-7-9-11-14(15)16/h2-13H2,1H3,(H,15,16). The maximum absolute atomic E-state index is 10.3. The highest BCUT2D eigenvalue weighted by atomic mass is 16.7. The van der Waals surface area contributed by atoms with E-state index >= 15 is 0 Å². The van der Waals surface area contributed by atoms with E-state index in [9.17, 15) is 4.79 Å². The van der Waals surface area contributed by atoms with E-state index in [2.05, 4.69) is 0 Å². The summed E-state index contributed by atoms with van der Waals surface area (Å²) in [5.41, 5.74) is 0. The number of carboxylic acids is 1. The molecule has 4 heteroatoms. The molecule has 18 heavy (non-hydrogen) atoms. The zero-order valence-electron chi connectivity index (χ0n) is 11.7. The summed E-state index contributed by atoms with van der Waals surface area (Å²) in [6.07, 6.45) is 10.8. The molecule has 0 rings (SSSR count). The average molecular weight is 260 g/mol. The number of carboxylic acid groups (broad SMARTS) is 1. The monoisotopic (exact) mass is 260 g/mol. The first kappa shape index (κ1) is 17.4. The number of rotatable bonds is 14. The SMILES string of the molecule is COCOCCCCCCCCCCCC(=O)O. The van der Waals surface area contributed by atoms with Gasteiger partial charge in [-0.25, -0.2) is 0 Å². The molecule has 0 aliphatic heterocycles. The molecule has 0 radical (unpaired) electrons. The summed E-state index contributed by atoms with van der Waals surface area (Å²) in [5.74, 6) is -0.675. The van der Waals surface area contributed by atoms with Crippen LogP contribution in [-0.2, 0) is 14.3 Å². The van der Waals surface area contributed by atoms with E-state index in [0.29, 0.717) is 13.2 Å². The van der Waals surface area contributed by atoms with Crippen LogP contribution in [0.1, 0.15) is 64.2 Å². The topological polar surface area (TPSA) is 55.8 Å². The Balaban J connectivity index is 2.92. The predicted octanol–water partition coefficient (Wildman–Crippen LogP) is 3.59. The van der Waals surface area contributed by atoms with Crippen LogP contribution in [0.3, 0.4) is 0 Å². The highest BCUT2D eigenvalue weighted by molar-refractivity contribution is 5.66. The summed E-state index contributed by atoms with van der Waals surface area (Å²) in [7, 11) is 1.64. The molecule has 0 amide bonds. The predicted molar refractivity (Wildman–Crippen MR) is 71.6 cm³/mol. The summed E-state index contributed by atoms with van der Waals surface area (Å²) in [6.45, 7) is 1.19. The van der Waals surface area contributed by atoms with Crippen molar-refractivity contribution in [1.29, 1.82) is 0 Å². The van der Waals surface area contributed by atoms with Crippen molar-refractivity contribution in [3.8, 4) is 0 Å². The summed E-state index contributed by atoms with van der Waals surface area (Å²) in [5, 5.41) is 8.47. The highest BCUT2D eigenvalue weighted by Crippen LogP contribution is 2.10. The van der Waals surface area contributed by atoms with Gasteiger partial charge in [0.25, 0.3) is 0 Å². The average Bonchev–Trinajstić information content (AvgIpc) is 2.34. The molecule has 4 nitrogen and oxygen atoms in total. The van der Waals surface area contributed by atoms with E-state index in [1.165, 1.54) is 38.5 Å². The van der Waals surface area contributed by atoms with Gasteiger partial charge in [-0.05, 0) is 12.8 Å². The van der Waals surface area contributed by atoms with Gasteiger partial charge in [0.05, 0.1) is 0 Å². The first-order valence-corrected chi connectivity index (χ1v) is 7.06. The third kappa shape index (κ3) is 15.4. The van der Waals surface area contributed by atoms with E-state index in [4.69, 9.17) is 14.6 Å². The van der Waals surface area contributed by atoms with Crippen LogP contribution >= 0.6 is 0 Å². The maximum atomic E-state index is 10.3. The number of hydrogen-bond acceptors (Lipinski definition) is 3. The van der Waals surface area contributed by atoms with Gasteiger partial charge < -0.3 is 14.6 Å². The van der Waals surface area contributed by atoms with Gasteiger partial charge in [0, 0.05) is 20.1 Å². The number of aliphatic carboxylic acids is 1. The van der Waals surface area contributed by atoms with Gasteiger partial charge in [0.2, 0.25) is 0 Å². The van der Waals surface area contributed by atoms with Crippen molar-refractivity contribution in [3.63, 3.8) is 0 Å². The van der Waals surface area contributed by atoms with Gasteiger partial charge in [-0.2, -0.15) is 0 Å². The Kier molecular flexibility index (Phi) is 14.0. The summed E-state index contributed by atoms with van der Waals surface area (Å²) in [4.78, 5) is 10.3. The van der Waals surface area contributed by atoms with Crippen LogP contribution in [0.2, 0.25) is 0 Å². The van der Waals surface area contributed by atoms with E-state index in [0.717, 1.165) is 25.9 Å². The van der Waals surface area contributed by atoms with Crippen molar-refractivity contribution in [2.24, 2.45) is 0 Å². The van der Waals surface area contributed by atoms with Crippen LogP contribution in [0.25, 0.3) is 0 Å². The van der Waals surface area contributed by atoms with Gasteiger partial charge in [0.1, 0.15) is 6.79 Å². The lowest BCUT2D eigenvalue weighted by Crippen LogP contribution is -1.98. The molecule has 0 atom stereocenters. The molecule has 0 unspecified atom stereocenters. The summed E-state index contributed by atoms with van der Waals surface area (Å²) in [6, 6.07) is 0. The van der Waals surface area contributed by atoms with Crippen molar-refractivity contribution >= 4 is 5.97 Å². The van der Waals surface area contributed by atoms with Crippen LogP contribution in [0.4, 0.5) is 0 Å². The van der Waals surface area contributed by atoms with E-state index in [-0.39, 0.29) is 0 Å². The van der Waals surface area contributed by atoms with Crippen molar-refractivity contribution in [2.45, 2.75) is 64.2 Å². The first-order chi connectivity index (χ1) is 8.77. The summed E-state index contributed by atoms with van der Waals surface area (Å²) >= 11 is 0. The summed E-state index contributed by atoms with van der Waals surface area (Å²) < 4.78 is 9.99. The van der Waals surface area contributed by atoms with Crippen molar-refractivity contribution in [1.82, 2.24) is 0 Å². The molecule has 0 spiro atoms. The molecule has 0 aromatic rings. The maximum Gasteiger partial charge on any atom is 0.303 e.